The van der Waals surface area contributed by atoms with E-state index in [1.165, 1.54) is 30.3 Å². The summed E-state index contributed by atoms with van der Waals surface area (Å²) in [6.45, 7) is 0.510. The highest BCUT2D eigenvalue weighted by Gasteiger charge is 2.31. The van der Waals surface area contributed by atoms with Gasteiger partial charge in [0.15, 0.2) is 30.6 Å². The Bertz CT molecular complexity index is 1510. The first-order valence-electron chi connectivity index (χ1n) is 10.5. The number of benzene rings is 3. The lowest BCUT2D eigenvalue weighted by Crippen LogP contribution is -2.33. The summed E-state index contributed by atoms with van der Waals surface area (Å²) >= 11 is 0. The van der Waals surface area contributed by atoms with Gasteiger partial charge in [0.05, 0.1) is 5.56 Å². The minimum Gasteiger partial charge on any atom is -0.406 e. The Hall–Kier alpha value is -4.27. The third-order valence-corrected chi connectivity index (χ3v) is 5.41. The lowest BCUT2D eigenvalue weighted by Gasteiger charge is -2.10. The van der Waals surface area contributed by atoms with E-state index in [0.29, 0.717) is 23.1 Å². The van der Waals surface area contributed by atoms with Crippen molar-refractivity contribution in [1.29, 1.82) is 0 Å². The fraction of sp³-hybridized carbons (Fsp3) is 0.0769. The number of pyridine rings is 1. The molecule has 3 aromatic carbocycles. The van der Waals surface area contributed by atoms with Crippen molar-refractivity contribution in [1.82, 2.24) is 9.97 Å². The van der Waals surface area contributed by atoms with Crippen LogP contribution in [0.15, 0.2) is 85.2 Å². The number of fused-ring (bicyclic) bond motifs is 1. The summed E-state index contributed by atoms with van der Waals surface area (Å²) in [6, 6.07) is 18.9. The molecule has 0 spiro atoms. The summed E-state index contributed by atoms with van der Waals surface area (Å²) in [4.78, 5) is 7.38. The number of alkyl halides is 3. The zero-order valence-electron chi connectivity index (χ0n) is 18.0. The van der Waals surface area contributed by atoms with Gasteiger partial charge in [0.25, 0.3) is 0 Å². The minimum atomic E-state index is -4.75. The summed E-state index contributed by atoms with van der Waals surface area (Å²) in [5.74, 6) is -1.95. The van der Waals surface area contributed by atoms with Crippen LogP contribution in [-0.4, -0.2) is 16.3 Å². The number of ether oxygens (including phenoxy) is 1. The lowest BCUT2D eigenvalue weighted by molar-refractivity contribution is -0.687. The average molecular weight is 482 g/mol. The van der Waals surface area contributed by atoms with Gasteiger partial charge in [0, 0.05) is 11.6 Å². The second kappa shape index (κ2) is 8.83. The Balaban J connectivity index is 1.35. The summed E-state index contributed by atoms with van der Waals surface area (Å²) in [5, 5.41) is 0. The molecule has 2 aromatic heterocycles. The van der Waals surface area contributed by atoms with Crippen LogP contribution in [0.25, 0.3) is 33.5 Å². The standard InChI is InChI=1S/C26H16F5N3O/c27-21-6-2-5-20(24(21)28)25-32-22-11-12-34(15-23(22)33-25)14-16-7-9-17(10-8-16)18-3-1-4-19(13-18)35-26(29,30)31/h1-13,15H,14H2/p+1. The van der Waals surface area contributed by atoms with E-state index in [-0.39, 0.29) is 17.1 Å². The lowest BCUT2D eigenvalue weighted by atomic mass is 10.0. The van der Waals surface area contributed by atoms with E-state index in [1.54, 1.807) is 12.1 Å². The number of aromatic amines is 1. The number of hydrogen-bond donors (Lipinski definition) is 1. The van der Waals surface area contributed by atoms with E-state index in [2.05, 4.69) is 14.7 Å². The summed E-state index contributed by atoms with van der Waals surface area (Å²) in [6.07, 6.45) is -1.11. The quantitative estimate of drug-likeness (QED) is 0.232. The van der Waals surface area contributed by atoms with E-state index in [1.807, 2.05) is 41.2 Å². The molecular weight excluding hydrogens is 465 g/mol. The van der Waals surface area contributed by atoms with Crippen LogP contribution in [-0.2, 0) is 6.54 Å². The molecule has 0 aliphatic carbocycles. The van der Waals surface area contributed by atoms with E-state index < -0.39 is 18.0 Å². The normalized spacial score (nSPS) is 11.7. The average Bonchev–Trinajstić information content (AvgIpc) is 3.23. The fourth-order valence-corrected chi connectivity index (χ4v) is 3.80. The van der Waals surface area contributed by atoms with E-state index in [9.17, 15) is 22.0 Å². The molecule has 5 rings (SSSR count). The smallest absolute Gasteiger partial charge is 0.406 e. The van der Waals surface area contributed by atoms with Crippen LogP contribution in [0.1, 0.15) is 5.56 Å². The Kier molecular flexibility index (Phi) is 5.68. The zero-order chi connectivity index (χ0) is 24.6. The third kappa shape index (κ3) is 4.98. The Morgan fingerprint density at radius 3 is 2.43 bits per heavy atom. The summed E-state index contributed by atoms with van der Waals surface area (Å²) in [5.41, 5.74) is 3.62. The number of halogens is 5. The summed E-state index contributed by atoms with van der Waals surface area (Å²) in [7, 11) is 0. The van der Waals surface area contributed by atoms with Gasteiger partial charge < -0.3 is 9.72 Å². The molecule has 1 N–H and O–H groups in total. The fourth-order valence-electron chi connectivity index (χ4n) is 3.80. The van der Waals surface area contributed by atoms with Crippen LogP contribution in [0.3, 0.4) is 0 Å². The SMILES string of the molecule is Fc1cccc(-c2nc3cc[n+](Cc4ccc(-c5cccc(OC(F)(F)F)c5)cc4)cc3[nH]2)c1F. The van der Waals surface area contributed by atoms with Gasteiger partial charge >= 0.3 is 6.36 Å². The number of rotatable bonds is 5. The van der Waals surface area contributed by atoms with E-state index >= 15 is 0 Å². The van der Waals surface area contributed by atoms with Crippen LogP contribution in [0.4, 0.5) is 22.0 Å². The van der Waals surface area contributed by atoms with Gasteiger partial charge in [-0.2, -0.15) is 4.57 Å². The molecule has 9 heteroatoms. The maximum absolute atomic E-state index is 14.1. The minimum absolute atomic E-state index is 0.0491. The van der Waals surface area contributed by atoms with Crippen LogP contribution in [0.2, 0.25) is 0 Å². The highest BCUT2D eigenvalue weighted by Crippen LogP contribution is 2.28. The number of nitrogens with one attached hydrogen (secondary N) is 1. The molecule has 0 radical (unpaired) electrons. The Labute approximate surface area is 196 Å². The number of aromatic nitrogens is 3. The van der Waals surface area contributed by atoms with Gasteiger partial charge in [-0.3, -0.25) is 0 Å². The van der Waals surface area contributed by atoms with Gasteiger partial charge in [-0.25, -0.2) is 13.8 Å². The van der Waals surface area contributed by atoms with E-state index in [4.69, 9.17) is 0 Å². The van der Waals surface area contributed by atoms with Crippen molar-refractivity contribution in [2.75, 3.05) is 0 Å². The third-order valence-electron chi connectivity index (χ3n) is 5.41. The Morgan fingerprint density at radius 2 is 1.66 bits per heavy atom. The number of H-pyrrole nitrogens is 1. The predicted octanol–water partition coefficient (Wildman–Crippen LogP) is 6.41. The highest BCUT2D eigenvalue weighted by molar-refractivity contribution is 5.77. The summed E-state index contributed by atoms with van der Waals surface area (Å²) < 4.78 is 71.1. The zero-order valence-corrected chi connectivity index (χ0v) is 18.0. The number of nitrogens with zero attached hydrogens (tertiary/aromatic N) is 2. The molecule has 0 fully saturated rings. The van der Waals surface area contributed by atoms with Crippen molar-refractivity contribution in [3.63, 3.8) is 0 Å². The van der Waals surface area contributed by atoms with Crippen molar-refractivity contribution in [3.8, 4) is 28.3 Å². The molecule has 0 saturated carbocycles. The second-order valence-electron chi connectivity index (χ2n) is 7.88. The molecule has 176 valence electrons. The molecular formula is C26H17F5N3O+. The largest absolute Gasteiger partial charge is 0.573 e. The van der Waals surface area contributed by atoms with Crippen molar-refractivity contribution >= 4 is 11.0 Å². The van der Waals surface area contributed by atoms with E-state index in [0.717, 1.165) is 17.2 Å². The topological polar surface area (TPSA) is 41.8 Å². The van der Waals surface area contributed by atoms with Gasteiger partial charge in [-0.05, 0) is 35.4 Å². The van der Waals surface area contributed by atoms with Gasteiger partial charge in [-0.15, -0.1) is 13.2 Å². The number of imidazole rings is 1. The molecule has 0 unspecified atom stereocenters. The van der Waals surface area contributed by atoms with Crippen molar-refractivity contribution < 1.29 is 31.3 Å². The van der Waals surface area contributed by atoms with Crippen LogP contribution in [0.5, 0.6) is 5.75 Å². The van der Waals surface area contributed by atoms with Crippen LogP contribution in [0, 0.1) is 11.6 Å². The van der Waals surface area contributed by atoms with Gasteiger partial charge in [-0.1, -0.05) is 42.5 Å². The maximum Gasteiger partial charge on any atom is 0.573 e. The molecule has 0 atom stereocenters. The molecule has 0 bridgehead atoms. The van der Waals surface area contributed by atoms with Crippen LogP contribution < -0.4 is 9.30 Å². The molecule has 35 heavy (non-hydrogen) atoms. The first-order valence-corrected chi connectivity index (χ1v) is 10.5. The molecule has 0 saturated heterocycles. The molecule has 0 amide bonds. The maximum atomic E-state index is 14.1. The van der Waals surface area contributed by atoms with Crippen molar-refractivity contribution in [2.45, 2.75) is 12.9 Å². The van der Waals surface area contributed by atoms with Gasteiger partial charge in [0.1, 0.15) is 22.6 Å². The highest BCUT2D eigenvalue weighted by atomic mass is 19.4. The molecule has 0 aliphatic heterocycles. The molecule has 0 aliphatic rings. The monoisotopic (exact) mass is 482 g/mol. The predicted molar refractivity (Wildman–Crippen MR) is 119 cm³/mol. The van der Waals surface area contributed by atoms with Crippen molar-refractivity contribution in [2.24, 2.45) is 0 Å². The number of hydrogen-bond acceptors (Lipinski definition) is 2. The second-order valence-corrected chi connectivity index (χ2v) is 7.88. The first-order chi connectivity index (χ1) is 16.7. The molecule has 4 nitrogen and oxygen atoms in total. The molecule has 2 heterocycles. The Morgan fingerprint density at radius 1 is 0.886 bits per heavy atom. The van der Waals surface area contributed by atoms with Crippen molar-refractivity contribution in [3.05, 3.63) is 102 Å². The van der Waals surface area contributed by atoms with Gasteiger partial charge in [0.2, 0.25) is 0 Å². The van der Waals surface area contributed by atoms with Crippen LogP contribution >= 0.6 is 0 Å². The molecule has 5 aromatic rings. The first kappa shape index (κ1) is 22.5.